The average molecular weight is 395 g/mol. The molecule has 0 unspecified atom stereocenters. The molecule has 1 fully saturated rings. The molecule has 2 aromatic carbocycles. The Morgan fingerprint density at radius 2 is 1.66 bits per heavy atom. The van der Waals surface area contributed by atoms with Crippen molar-refractivity contribution in [2.24, 2.45) is 0 Å². The van der Waals surface area contributed by atoms with Crippen LogP contribution < -0.4 is 9.64 Å². The zero-order valence-corrected chi connectivity index (χ0v) is 16.9. The summed E-state index contributed by atoms with van der Waals surface area (Å²) >= 11 is 0. The fourth-order valence-electron chi connectivity index (χ4n) is 3.37. The third kappa shape index (κ3) is 4.83. The molecule has 0 spiro atoms. The van der Waals surface area contributed by atoms with Gasteiger partial charge in [0.1, 0.15) is 19.0 Å². The SMILES string of the molecule is Cc1cc(OCCOC(=O)c2ccc(N3C(=O)CCC3=O)cc2)ccc1C(C)C. The second kappa shape index (κ2) is 8.90. The Hall–Kier alpha value is -3.15. The van der Waals surface area contributed by atoms with Gasteiger partial charge in [-0.15, -0.1) is 0 Å². The van der Waals surface area contributed by atoms with E-state index in [9.17, 15) is 14.4 Å². The normalized spacial score (nSPS) is 13.9. The van der Waals surface area contributed by atoms with Crippen molar-refractivity contribution in [1.82, 2.24) is 0 Å². The van der Waals surface area contributed by atoms with Gasteiger partial charge in [0.05, 0.1) is 11.3 Å². The minimum Gasteiger partial charge on any atom is -0.490 e. The Bertz CT molecular complexity index is 901. The van der Waals surface area contributed by atoms with Crippen LogP contribution in [0.15, 0.2) is 42.5 Å². The average Bonchev–Trinajstić information content (AvgIpc) is 3.03. The number of hydrogen-bond acceptors (Lipinski definition) is 5. The minimum absolute atomic E-state index is 0.120. The van der Waals surface area contributed by atoms with Crippen LogP contribution in [0.3, 0.4) is 0 Å². The van der Waals surface area contributed by atoms with Gasteiger partial charge in [-0.05, 0) is 60.4 Å². The van der Waals surface area contributed by atoms with Crippen LogP contribution in [0.5, 0.6) is 5.75 Å². The van der Waals surface area contributed by atoms with Crippen molar-refractivity contribution in [1.29, 1.82) is 0 Å². The van der Waals surface area contributed by atoms with Gasteiger partial charge < -0.3 is 9.47 Å². The monoisotopic (exact) mass is 395 g/mol. The Labute approximate surface area is 170 Å². The summed E-state index contributed by atoms with van der Waals surface area (Å²) in [5.74, 6) is 0.272. The number of imide groups is 1. The van der Waals surface area contributed by atoms with E-state index in [2.05, 4.69) is 26.8 Å². The quantitative estimate of drug-likeness (QED) is 0.402. The summed E-state index contributed by atoms with van der Waals surface area (Å²) in [6, 6.07) is 12.2. The summed E-state index contributed by atoms with van der Waals surface area (Å²) in [7, 11) is 0. The van der Waals surface area contributed by atoms with Gasteiger partial charge in [0.25, 0.3) is 0 Å². The van der Waals surface area contributed by atoms with Crippen LogP contribution in [0.1, 0.15) is 54.1 Å². The number of carbonyl (C=O) groups excluding carboxylic acids is 3. The maximum absolute atomic E-state index is 12.2. The molecule has 0 aliphatic carbocycles. The van der Waals surface area contributed by atoms with Crippen molar-refractivity contribution >= 4 is 23.5 Å². The molecule has 0 N–H and O–H groups in total. The maximum atomic E-state index is 12.2. The zero-order chi connectivity index (χ0) is 21.0. The lowest BCUT2D eigenvalue weighted by molar-refractivity contribution is -0.121. The summed E-state index contributed by atoms with van der Waals surface area (Å²) in [6.45, 7) is 6.72. The highest BCUT2D eigenvalue weighted by Crippen LogP contribution is 2.24. The van der Waals surface area contributed by atoms with E-state index in [1.54, 1.807) is 24.3 Å². The van der Waals surface area contributed by atoms with Gasteiger partial charge >= 0.3 is 5.97 Å². The Kier molecular flexibility index (Phi) is 6.32. The van der Waals surface area contributed by atoms with Crippen molar-refractivity contribution in [3.63, 3.8) is 0 Å². The van der Waals surface area contributed by atoms with Crippen molar-refractivity contribution in [2.75, 3.05) is 18.1 Å². The lowest BCUT2D eigenvalue weighted by atomic mass is 9.98. The van der Waals surface area contributed by atoms with Crippen LogP contribution in [0.25, 0.3) is 0 Å². The highest BCUT2D eigenvalue weighted by molar-refractivity contribution is 6.19. The van der Waals surface area contributed by atoms with Crippen molar-refractivity contribution in [2.45, 2.75) is 39.5 Å². The molecule has 2 aromatic rings. The molecule has 3 rings (SSSR count). The van der Waals surface area contributed by atoms with E-state index >= 15 is 0 Å². The van der Waals surface area contributed by atoms with Crippen LogP contribution in [0, 0.1) is 6.92 Å². The first-order chi connectivity index (χ1) is 13.9. The van der Waals surface area contributed by atoms with E-state index in [1.807, 2.05) is 12.1 Å². The van der Waals surface area contributed by atoms with Crippen molar-refractivity contribution in [3.8, 4) is 5.75 Å². The second-order valence-electron chi connectivity index (χ2n) is 7.33. The molecule has 2 amide bonds. The van der Waals surface area contributed by atoms with Crippen LogP contribution in [0.2, 0.25) is 0 Å². The van der Waals surface area contributed by atoms with E-state index < -0.39 is 5.97 Å². The number of hydrogen-bond donors (Lipinski definition) is 0. The number of benzene rings is 2. The van der Waals surface area contributed by atoms with E-state index in [0.717, 1.165) is 10.6 Å². The minimum atomic E-state index is -0.481. The largest absolute Gasteiger partial charge is 0.490 e. The maximum Gasteiger partial charge on any atom is 0.338 e. The number of esters is 1. The molecule has 152 valence electrons. The number of aryl methyl sites for hydroxylation is 1. The summed E-state index contributed by atoms with van der Waals surface area (Å²) in [5, 5.41) is 0. The second-order valence-corrected chi connectivity index (χ2v) is 7.33. The fourth-order valence-corrected chi connectivity index (χ4v) is 3.37. The highest BCUT2D eigenvalue weighted by atomic mass is 16.6. The first-order valence-electron chi connectivity index (χ1n) is 9.73. The Morgan fingerprint density at radius 3 is 2.24 bits per heavy atom. The van der Waals surface area contributed by atoms with Crippen LogP contribution in [-0.2, 0) is 14.3 Å². The molecule has 1 heterocycles. The van der Waals surface area contributed by atoms with Crippen molar-refractivity contribution in [3.05, 3.63) is 59.2 Å². The predicted molar refractivity (Wildman–Crippen MR) is 109 cm³/mol. The number of anilines is 1. The van der Waals surface area contributed by atoms with Gasteiger partial charge in [0.2, 0.25) is 11.8 Å². The Morgan fingerprint density at radius 1 is 1.00 bits per heavy atom. The molecule has 1 aliphatic heterocycles. The van der Waals surface area contributed by atoms with E-state index in [-0.39, 0.29) is 37.9 Å². The summed E-state index contributed by atoms with van der Waals surface area (Å²) in [5.41, 5.74) is 3.27. The standard InChI is InChI=1S/C23H25NO5/c1-15(2)20-9-8-19(14-16(20)3)28-12-13-29-23(27)17-4-6-18(7-5-17)24-21(25)10-11-22(24)26/h4-9,14-15H,10-13H2,1-3H3. The topological polar surface area (TPSA) is 72.9 Å². The fraction of sp³-hybridized carbons (Fsp3) is 0.348. The van der Waals surface area contributed by atoms with Crippen LogP contribution in [0.4, 0.5) is 5.69 Å². The molecular formula is C23H25NO5. The molecule has 0 aromatic heterocycles. The molecule has 1 saturated heterocycles. The molecule has 29 heavy (non-hydrogen) atoms. The van der Waals surface area contributed by atoms with E-state index in [4.69, 9.17) is 9.47 Å². The van der Waals surface area contributed by atoms with Gasteiger partial charge in [-0.1, -0.05) is 19.9 Å². The first-order valence-corrected chi connectivity index (χ1v) is 9.73. The third-order valence-corrected chi connectivity index (χ3v) is 4.86. The number of rotatable bonds is 7. The van der Waals surface area contributed by atoms with E-state index in [0.29, 0.717) is 17.2 Å². The lowest BCUT2D eigenvalue weighted by Gasteiger charge is -2.14. The molecular weight excluding hydrogens is 370 g/mol. The number of carbonyl (C=O) groups is 3. The van der Waals surface area contributed by atoms with E-state index in [1.165, 1.54) is 11.1 Å². The van der Waals surface area contributed by atoms with Gasteiger partial charge in [-0.3, -0.25) is 14.5 Å². The van der Waals surface area contributed by atoms with Crippen molar-refractivity contribution < 1.29 is 23.9 Å². The summed E-state index contributed by atoms with van der Waals surface area (Å²) in [4.78, 5) is 36.8. The third-order valence-electron chi connectivity index (χ3n) is 4.86. The van der Waals surface area contributed by atoms with Crippen LogP contribution >= 0.6 is 0 Å². The van der Waals surface area contributed by atoms with Gasteiger partial charge in [-0.25, -0.2) is 4.79 Å². The van der Waals surface area contributed by atoms with Gasteiger partial charge in [0.15, 0.2) is 0 Å². The number of ether oxygens (including phenoxy) is 2. The molecule has 0 radical (unpaired) electrons. The number of amides is 2. The molecule has 0 bridgehead atoms. The zero-order valence-electron chi connectivity index (χ0n) is 16.9. The smallest absolute Gasteiger partial charge is 0.338 e. The van der Waals surface area contributed by atoms with Gasteiger partial charge in [-0.2, -0.15) is 0 Å². The molecule has 0 saturated carbocycles. The number of nitrogens with zero attached hydrogens (tertiary/aromatic N) is 1. The van der Waals surface area contributed by atoms with Gasteiger partial charge in [0, 0.05) is 12.8 Å². The highest BCUT2D eigenvalue weighted by Gasteiger charge is 2.30. The first kappa shape index (κ1) is 20.6. The lowest BCUT2D eigenvalue weighted by Crippen LogP contribution is -2.28. The molecule has 6 nitrogen and oxygen atoms in total. The molecule has 6 heteroatoms. The summed E-state index contributed by atoms with van der Waals surface area (Å²) < 4.78 is 10.9. The predicted octanol–water partition coefficient (Wildman–Crippen LogP) is 4.01. The summed E-state index contributed by atoms with van der Waals surface area (Å²) in [6.07, 6.45) is 0.449. The molecule has 1 aliphatic rings. The van der Waals surface area contributed by atoms with Crippen LogP contribution in [-0.4, -0.2) is 31.0 Å². The Balaban J connectivity index is 1.49. The molecule has 0 atom stereocenters.